The Labute approximate surface area is 234 Å². The number of hydrogen-bond acceptors (Lipinski definition) is 7. The molecule has 2 aromatic rings. The normalized spacial score (nSPS) is 19.8. The topological polar surface area (TPSA) is 88.1 Å². The number of rotatable bonds is 9. The number of benzene rings is 2. The maximum absolute atomic E-state index is 13.9. The zero-order valence-electron chi connectivity index (χ0n) is 23.1. The Kier molecular flexibility index (Phi) is 8.75. The predicted octanol–water partition coefficient (Wildman–Crippen LogP) is 6.02. The highest BCUT2D eigenvalue weighted by atomic mass is 32.2. The first kappa shape index (κ1) is 28.4. The van der Waals surface area contributed by atoms with Gasteiger partial charge in [-0.2, -0.15) is 0 Å². The van der Waals surface area contributed by atoms with Crippen LogP contribution in [-0.2, 0) is 20.7 Å². The van der Waals surface area contributed by atoms with Crippen molar-refractivity contribution in [2.24, 2.45) is 0 Å². The number of phenolic OH excluding ortho intramolecular Hbond substituents is 1. The molecule has 1 fully saturated rings. The first-order valence-corrected chi connectivity index (χ1v) is 14.1. The summed E-state index contributed by atoms with van der Waals surface area (Å²) in [6.07, 6.45) is 3.97. The fraction of sp³-hybridized carbons (Fsp3) is 0.355. The average Bonchev–Trinajstić information content (AvgIpc) is 3.20. The van der Waals surface area contributed by atoms with Gasteiger partial charge in [-0.05, 0) is 68.0 Å². The third-order valence-electron chi connectivity index (χ3n) is 6.78. The van der Waals surface area contributed by atoms with Gasteiger partial charge >= 0.3 is 5.97 Å². The Hall–Kier alpha value is -3.65. The number of aromatic hydroxyl groups is 1. The number of ether oxygens (including phenoxy) is 2. The zero-order valence-corrected chi connectivity index (χ0v) is 23.9. The Morgan fingerprint density at radius 3 is 2.54 bits per heavy atom. The number of fused-ring (bicyclic) bond motifs is 1. The van der Waals surface area contributed by atoms with Gasteiger partial charge in [-0.1, -0.05) is 56.0 Å². The molecule has 4 rings (SSSR count). The van der Waals surface area contributed by atoms with Gasteiger partial charge in [-0.15, -0.1) is 6.58 Å². The van der Waals surface area contributed by atoms with Gasteiger partial charge in [0.05, 0.1) is 29.7 Å². The van der Waals surface area contributed by atoms with Crippen molar-refractivity contribution in [3.05, 3.63) is 87.5 Å². The van der Waals surface area contributed by atoms with Crippen molar-refractivity contribution in [1.82, 2.24) is 10.2 Å². The lowest BCUT2D eigenvalue weighted by Crippen LogP contribution is -2.49. The molecule has 0 spiro atoms. The number of nitrogens with zero attached hydrogens (tertiary/aromatic N) is 1. The number of carbonyl (C=O) groups is 2. The summed E-state index contributed by atoms with van der Waals surface area (Å²) < 4.78 is 11.1. The van der Waals surface area contributed by atoms with E-state index in [2.05, 4.69) is 25.7 Å². The van der Waals surface area contributed by atoms with Gasteiger partial charge in [0.25, 0.3) is 5.91 Å². The number of carbonyl (C=O) groups excluding carboxylic acids is 2. The van der Waals surface area contributed by atoms with Crippen LogP contribution in [0.25, 0.3) is 6.08 Å². The number of thioether (sulfide) groups is 1. The van der Waals surface area contributed by atoms with Crippen LogP contribution in [0.2, 0.25) is 0 Å². The number of phenols is 1. The number of amides is 1. The average molecular weight is 549 g/mol. The molecular formula is C31H36N2O5S. The molecule has 1 saturated heterocycles. The SMILES string of the molecule is C=CCc1cc(C=C2SC3NC(C)=C(C(=O)OCC)C(c4ccc(C(C)C)cc4)N3C2=O)cc(OCC)c1O. The van der Waals surface area contributed by atoms with E-state index in [1.807, 2.05) is 44.2 Å². The van der Waals surface area contributed by atoms with E-state index in [0.717, 1.165) is 11.1 Å². The number of allylic oxidation sites excluding steroid dienone is 2. The summed E-state index contributed by atoms with van der Waals surface area (Å²) in [6, 6.07) is 11.0. The summed E-state index contributed by atoms with van der Waals surface area (Å²) in [7, 11) is 0. The van der Waals surface area contributed by atoms with Crippen LogP contribution in [0.4, 0.5) is 0 Å². The van der Waals surface area contributed by atoms with Crippen LogP contribution < -0.4 is 10.1 Å². The molecule has 0 aliphatic carbocycles. The van der Waals surface area contributed by atoms with E-state index in [1.54, 1.807) is 30.0 Å². The summed E-state index contributed by atoms with van der Waals surface area (Å²) in [6.45, 7) is 14.1. The molecule has 206 valence electrons. The van der Waals surface area contributed by atoms with Gasteiger partial charge < -0.3 is 19.9 Å². The van der Waals surface area contributed by atoms with Gasteiger partial charge in [0.2, 0.25) is 0 Å². The largest absolute Gasteiger partial charge is 0.504 e. The summed E-state index contributed by atoms with van der Waals surface area (Å²) in [5, 5.41) is 13.9. The van der Waals surface area contributed by atoms with E-state index < -0.39 is 17.5 Å². The van der Waals surface area contributed by atoms with E-state index in [9.17, 15) is 14.7 Å². The summed E-state index contributed by atoms with van der Waals surface area (Å²) in [5.74, 6) is 0.162. The number of nitrogens with one attached hydrogen (secondary N) is 1. The maximum atomic E-state index is 13.9. The third-order valence-corrected chi connectivity index (χ3v) is 7.90. The Morgan fingerprint density at radius 2 is 1.92 bits per heavy atom. The quantitative estimate of drug-likeness (QED) is 0.225. The van der Waals surface area contributed by atoms with Crippen LogP contribution in [0.3, 0.4) is 0 Å². The van der Waals surface area contributed by atoms with Crippen molar-refractivity contribution in [2.75, 3.05) is 13.2 Å². The lowest BCUT2D eigenvalue weighted by Gasteiger charge is -2.39. The molecule has 7 nitrogen and oxygen atoms in total. The summed E-state index contributed by atoms with van der Waals surface area (Å²) in [5.41, 5.74) is 4.14. The number of hydrogen-bond donors (Lipinski definition) is 2. The molecule has 1 amide bonds. The molecule has 0 radical (unpaired) electrons. The first-order valence-electron chi connectivity index (χ1n) is 13.2. The minimum atomic E-state index is -0.599. The monoisotopic (exact) mass is 548 g/mol. The van der Waals surface area contributed by atoms with Gasteiger partial charge in [-0.25, -0.2) is 4.79 Å². The smallest absolute Gasteiger partial charge is 0.338 e. The molecule has 2 N–H and O–H groups in total. The first-order chi connectivity index (χ1) is 18.7. The number of esters is 1. The van der Waals surface area contributed by atoms with Crippen molar-refractivity contribution in [1.29, 1.82) is 0 Å². The second-order valence-electron chi connectivity index (χ2n) is 9.77. The summed E-state index contributed by atoms with van der Waals surface area (Å²) in [4.78, 5) is 29.3. The van der Waals surface area contributed by atoms with E-state index in [1.165, 1.54) is 17.3 Å². The molecule has 2 unspecified atom stereocenters. The van der Waals surface area contributed by atoms with Crippen LogP contribution in [0.1, 0.15) is 68.8 Å². The Bertz CT molecular complexity index is 1330. The second-order valence-corrected chi connectivity index (χ2v) is 10.9. The van der Waals surface area contributed by atoms with Crippen molar-refractivity contribution in [3.63, 3.8) is 0 Å². The van der Waals surface area contributed by atoms with Gasteiger partial charge in [0.1, 0.15) is 0 Å². The van der Waals surface area contributed by atoms with Gasteiger partial charge in [0.15, 0.2) is 17.0 Å². The standard InChI is InChI=1S/C31H36N2O5S/c1-7-10-23-15-20(16-24(28(23)34)37-8-2)17-25-29(35)33-27(22-13-11-21(12-14-22)18(4)5)26(30(36)38-9-3)19(6)32-31(33)39-25/h7,11-18,27,31-32,34H,1,8-10H2,2-6H3. The highest BCUT2D eigenvalue weighted by Gasteiger charge is 2.47. The lowest BCUT2D eigenvalue weighted by atomic mass is 9.91. The summed E-state index contributed by atoms with van der Waals surface area (Å²) >= 11 is 1.39. The van der Waals surface area contributed by atoms with Gasteiger partial charge in [-0.3, -0.25) is 9.69 Å². The fourth-order valence-corrected chi connectivity index (χ4v) is 6.10. The van der Waals surface area contributed by atoms with Crippen LogP contribution in [0.5, 0.6) is 11.5 Å². The van der Waals surface area contributed by atoms with Crippen LogP contribution in [-0.4, -0.2) is 40.6 Å². The Morgan fingerprint density at radius 1 is 1.21 bits per heavy atom. The molecule has 2 heterocycles. The lowest BCUT2D eigenvalue weighted by molar-refractivity contribution is -0.140. The van der Waals surface area contributed by atoms with Gasteiger partial charge in [0, 0.05) is 11.3 Å². The molecule has 2 aliphatic rings. The van der Waals surface area contributed by atoms with E-state index in [0.29, 0.717) is 46.4 Å². The molecule has 0 bridgehead atoms. The zero-order chi connectivity index (χ0) is 28.3. The van der Waals surface area contributed by atoms with E-state index in [-0.39, 0.29) is 18.3 Å². The van der Waals surface area contributed by atoms with Crippen molar-refractivity contribution >= 4 is 29.7 Å². The van der Waals surface area contributed by atoms with E-state index in [4.69, 9.17) is 9.47 Å². The Balaban J connectivity index is 1.77. The molecule has 2 aliphatic heterocycles. The van der Waals surface area contributed by atoms with Crippen LogP contribution in [0, 0.1) is 0 Å². The minimum absolute atomic E-state index is 0.0761. The third kappa shape index (κ3) is 5.71. The molecule has 0 saturated carbocycles. The maximum Gasteiger partial charge on any atom is 0.338 e. The molecular weight excluding hydrogens is 512 g/mol. The van der Waals surface area contributed by atoms with Crippen LogP contribution >= 0.6 is 11.8 Å². The highest BCUT2D eigenvalue weighted by Crippen LogP contribution is 2.47. The van der Waals surface area contributed by atoms with Crippen molar-refractivity contribution in [2.45, 2.75) is 58.5 Å². The van der Waals surface area contributed by atoms with Crippen molar-refractivity contribution < 1.29 is 24.2 Å². The molecule has 0 aromatic heterocycles. The molecule has 2 atom stereocenters. The molecule has 39 heavy (non-hydrogen) atoms. The second kappa shape index (κ2) is 12.0. The molecule has 8 heteroatoms. The predicted molar refractivity (Wildman–Crippen MR) is 155 cm³/mol. The highest BCUT2D eigenvalue weighted by molar-refractivity contribution is 8.05. The van der Waals surface area contributed by atoms with Crippen LogP contribution in [0.15, 0.2) is 65.2 Å². The van der Waals surface area contributed by atoms with E-state index >= 15 is 0 Å². The molecule has 2 aromatic carbocycles. The van der Waals surface area contributed by atoms with Crippen molar-refractivity contribution in [3.8, 4) is 11.5 Å². The minimum Gasteiger partial charge on any atom is -0.504 e. The fourth-order valence-electron chi connectivity index (χ4n) is 4.88.